The van der Waals surface area contributed by atoms with Crippen LogP contribution in [0.25, 0.3) is 0 Å². The molecule has 0 amide bonds. The molecule has 4 aliphatic rings. The van der Waals surface area contributed by atoms with Crippen LogP contribution < -0.4 is 5.32 Å². The summed E-state index contributed by atoms with van der Waals surface area (Å²) in [6.45, 7) is 1.20. The molecule has 2 aliphatic heterocycles. The van der Waals surface area contributed by atoms with Gasteiger partial charge < -0.3 is 10.1 Å². The third kappa shape index (κ3) is 2.41. The van der Waals surface area contributed by atoms with E-state index in [-0.39, 0.29) is 43.2 Å². The zero-order chi connectivity index (χ0) is 18.5. The average Bonchev–Trinajstić information content (AvgIpc) is 3.10. The lowest BCUT2D eigenvalue weighted by molar-refractivity contribution is -0.140. The van der Waals surface area contributed by atoms with Gasteiger partial charge in [0.05, 0.1) is 12.1 Å². The Morgan fingerprint density at radius 1 is 1.35 bits per heavy atom. The summed E-state index contributed by atoms with van der Waals surface area (Å²) in [6, 6.07) is 4.89. The second kappa shape index (κ2) is 5.93. The standard InChI is InChI=1S/C20H19N3O3/c1-11(24)26-8-16-15-7-20(9-21,10-22)17-6-13-2-3-18(23-13)14(17)4-12(15)5-19(16)25/h4,6,13-14,18,23H,2-3,5,7-8H2,1H3/t13-,14-,18+/m1/s1. The van der Waals surface area contributed by atoms with E-state index in [1.165, 1.54) is 6.92 Å². The maximum atomic E-state index is 12.5. The molecular weight excluding hydrogens is 330 g/mol. The number of Topliss-reactive ketones (excluding diaryl/α,β-unsaturated/α-hetero) is 1. The van der Waals surface area contributed by atoms with Gasteiger partial charge in [-0.05, 0) is 29.6 Å². The summed E-state index contributed by atoms with van der Waals surface area (Å²) < 4.78 is 5.05. The Kier molecular flexibility index (Phi) is 3.82. The Balaban J connectivity index is 1.85. The lowest BCUT2D eigenvalue weighted by Crippen LogP contribution is -2.42. The summed E-state index contributed by atoms with van der Waals surface area (Å²) in [6.07, 6.45) is 6.52. The molecule has 0 saturated carbocycles. The van der Waals surface area contributed by atoms with Crippen LogP contribution in [0.15, 0.2) is 34.4 Å². The fourth-order valence-corrected chi connectivity index (χ4v) is 4.68. The first-order chi connectivity index (χ1) is 12.5. The molecule has 6 nitrogen and oxygen atoms in total. The molecule has 0 unspecified atom stereocenters. The van der Waals surface area contributed by atoms with Crippen LogP contribution in [0, 0.1) is 34.0 Å². The Labute approximate surface area is 151 Å². The Morgan fingerprint density at radius 3 is 2.81 bits per heavy atom. The molecule has 4 rings (SSSR count). The summed E-state index contributed by atoms with van der Waals surface area (Å²) in [7, 11) is 0. The van der Waals surface area contributed by atoms with Crippen LogP contribution >= 0.6 is 0 Å². The lowest BCUT2D eigenvalue weighted by atomic mass is 9.71. The van der Waals surface area contributed by atoms with E-state index in [4.69, 9.17) is 4.74 Å². The van der Waals surface area contributed by atoms with Gasteiger partial charge in [-0.25, -0.2) is 0 Å². The highest BCUT2D eigenvalue weighted by Crippen LogP contribution is 2.51. The molecule has 6 heteroatoms. The van der Waals surface area contributed by atoms with Gasteiger partial charge in [0.25, 0.3) is 0 Å². The van der Waals surface area contributed by atoms with E-state index < -0.39 is 11.4 Å². The Morgan fingerprint density at radius 2 is 2.12 bits per heavy atom. The van der Waals surface area contributed by atoms with E-state index in [1.54, 1.807) is 0 Å². The number of ether oxygens (including phenoxy) is 1. The van der Waals surface area contributed by atoms with Gasteiger partial charge in [-0.1, -0.05) is 12.2 Å². The fraction of sp³-hybridized carbons (Fsp3) is 0.500. The van der Waals surface area contributed by atoms with Gasteiger partial charge in [-0.2, -0.15) is 10.5 Å². The molecule has 0 radical (unpaired) electrons. The van der Waals surface area contributed by atoms with Crippen molar-refractivity contribution in [2.24, 2.45) is 11.3 Å². The van der Waals surface area contributed by atoms with Gasteiger partial charge in [0.15, 0.2) is 11.2 Å². The summed E-state index contributed by atoms with van der Waals surface area (Å²) in [5, 5.41) is 23.4. The number of carbonyl (C=O) groups excluding carboxylic acids is 2. The molecule has 2 bridgehead atoms. The molecule has 2 aliphatic carbocycles. The van der Waals surface area contributed by atoms with E-state index in [1.807, 2.05) is 6.08 Å². The largest absolute Gasteiger partial charge is 0.461 e. The van der Waals surface area contributed by atoms with Crippen LogP contribution in [-0.4, -0.2) is 30.4 Å². The number of esters is 1. The summed E-state index contributed by atoms with van der Waals surface area (Å²) >= 11 is 0. The van der Waals surface area contributed by atoms with E-state index in [2.05, 4.69) is 23.5 Å². The minimum absolute atomic E-state index is 0.0542. The van der Waals surface area contributed by atoms with Gasteiger partial charge in [0.1, 0.15) is 6.61 Å². The van der Waals surface area contributed by atoms with E-state index in [0.717, 1.165) is 24.0 Å². The maximum absolute atomic E-state index is 12.5. The highest BCUT2D eigenvalue weighted by atomic mass is 16.5. The molecule has 1 N–H and O–H groups in total. The molecular formula is C20H19N3O3. The van der Waals surface area contributed by atoms with Crippen molar-refractivity contribution in [2.75, 3.05) is 6.61 Å². The number of hydrogen-bond donors (Lipinski definition) is 1. The van der Waals surface area contributed by atoms with Crippen LogP contribution in [0.5, 0.6) is 0 Å². The molecule has 1 fully saturated rings. The number of carbonyl (C=O) groups is 2. The zero-order valence-corrected chi connectivity index (χ0v) is 14.5. The normalized spacial score (nSPS) is 31.0. The highest BCUT2D eigenvalue weighted by Gasteiger charge is 2.49. The number of fused-ring (bicyclic) bond motifs is 5. The average molecular weight is 349 g/mol. The minimum atomic E-state index is -1.28. The number of nitrogens with one attached hydrogen (secondary N) is 1. The van der Waals surface area contributed by atoms with E-state index in [9.17, 15) is 20.1 Å². The van der Waals surface area contributed by atoms with Crippen molar-refractivity contribution in [3.8, 4) is 12.1 Å². The second-order valence-electron chi connectivity index (χ2n) is 7.44. The van der Waals surface area contributed by atoms with E-state index in [0.29, 0.717) is 11.1 Å². The van der Waals surface area contributed by atoms with Crippen molar-refractivity contribution in [3.63, 3.8) is 0 Å². The SMILES string of the molecule is CC(=O)OCC1=C2CC(C#N)(C#N)C3=C[C@H]4CC[C@H](N4)[C@@H]3C=C2CC1=O. The van der Waals surface area contributed by atoms with Gasteiger partial charge in [0, 0.05) is 43.3 Å². The minimum Gasteiger partial charge on any atom is -0.461 e. The lowest BCUT2D eigenvalue weighted by Gasteiger charge is -2.33. The number of ketones is 1. The molecule has 1 saturated heterocycles. The molecule has 0 aromatic heterocycles. The third-order valence-electron chi connectivity index (χ3n) is 5.95. The zero-order valence-electron chi connectivity index (χ0n) is 14.5. The molecule has 2 heterocycles. The first-order valence-corrected chi connectivity index (χ1v) is 8.88. The van der Waals surface area contributed by atoms with Crippen molar-refractivity contribution in [1.29, 1.82) is 10.5 Å². The molecule has 0 aromatic carbocycles. The molecule has 3 atom stereocenters. The predicted molar refractivity (Wildman–Crippen MR) is 91.2 cm³/mol. The molecule has 0 spiro atoms. The molecule has 26 heavy (non-hydrogen) atoms. The highest BCUT2D eigenvalue weighted by molar-refractivity contribution is 6.03. The van der Waals surface area contributed by atoms with E-state index >= 15 is 0 Å². The third-order valence-corrected chi connectivity index (χ3v) is 5.95. The van der Waals surface area contributed by atoms with Crippen molar-refractivity contribution >= 4 is 11.8 Å². The van der Waals surface area contributed by atoms with Crippen molar-refractivity contribution < 1.29 is 14.3 Å². The molecule has 132 valence electrons. The van der Waals surface area contributed by atoms with Crippen LogP contribution in [0.4, 0.5) is 0 Å². The summed E-state index contributed by atoms with van der Waals surface area (Å²) in [4.78, 5) is 23.7. The van der Waals surface area contributed by atoms with Crippen LogP contribution in [0.3, 0.4) is 0 Å². The summed E-state index contributed by atoms with van der Waals surface area (Å²) in [5.41, 5.74) is 1.60. The number of nitrogens with zero attached hydrogens (tertiary/aromatic N) is 2. The number of hydrogen-bond acceptors (Lipinski definition) is 6. The Hall–Kier alpha value is -2.70. The van der Waals surface area contributed by atoms with Gasteiger partial charge in [0.2, 0.25) is 0 Å². The fourth-order valence-electron chi connectivity index (χ4n) is 4.68. The smallest absolute Gasteiger partial charge is 0.302 e. The first-order valence-electron chi connectivity index (χ1n) is 8.88. The van der Waals surface area contributed by atoms with Gasteiger partial charge >= 0.3 is 5.97 Å². The van der Waals surface area contributed by atoms with Gasteiger partial charge in [-0.3, -0.25) is 9.59 Å². The Bertz CT molecular complexity index is 867. The van der Waals surface area contributed by atoms with Crippen LogP contribution in [0.2, 0.25) is 0 Å². The number of rotatable bonds is 2. The predicted octanol–water partition coefficient (Wildman–Crippen LogP) is 1.86. The number of nitriles is 2. The van der Waals surface area contributed by atoms with Crippen molar-refractivity contribution in [3.05, 3.63) is 34.4 Å². The second-order valence-corrected chi connectivity index (χ2v) is 7.44. The van der Waals surface area contributed by atoms with Crippen molar-refractivity contribution in [2.45, 2.75) is 44.7 Å². The van der Waals surface area contributed by atoms with Crippen LogP contribution in [-0.2, 0) is 14.3 Å². The van der Waals surface area contributed by atoms with Crippen molar-refractivity contribution in [1.82, 2.24) is 5.32 Å². The molecule has 0 aromatic rings. The maximum Gasteiger partial charge on any atom is 0.302 e. The summed E-state index contributed by atoms with van der Waals surface area (Å²) in [5.74, 6) is -0.596. The monoisotopic (exact) mass is 349 g/mol. The van der Waals surface area contributed by atoms with Gasteiger partial charge in [-0.15, -0.1) is 0 Å². The number of allylic oxidation sites excluding steroid dienone is 2. The topological polar surface area (TPSA) is 103 Å². The quantitative estimate of drug-likeness (QED) is 0.603. The van der Waals surface area contributed by atoms with Crippen LogP contribution in [0.1, 0.15) is 32.6 Å². The first kappa shape index (κ1) is 16.8.